The van der Waals surface area contributed by atoms with Crippen LogP contribution in [-0.2, 0) is 0 Å². The fraction of sp³-hybridized carbons (Fsp3) is 0.250. The van der Waals surface area contributed by atoms with Crippen LogP contribution in [0.25, 0.3) is 10.9 Å². The Bertz CT molecular complexity index is 782. The molecule has 2 aromatic rings. The first-order valence-electron chi connectivity index (χ1n) is 6.58. The number of nitrogens with zero attached hydrogens (tertiary/aromatic N) is 2. The zero-order valence-electron chi connectivity index (χ0n) is 12.9. The van der Waals surface area contributed by atoms with Crippen molar-refractivity contribution >= 4 is 16.7 Å². The van der Waals surface area contributed by atoms with Crippen LogP contribution in [0.5, 0.6) is 11.5 Å². The lowest BCUT2D eigenvalue weighted by molar-refractivity contribution is 0.103. The number of nitriles is 1. The van der Waals surface area contributed by atoms with E-state index in [1.165, 1.54) is 6.20 Å². The molecule has 22 heavy (non-hydrogen) atoms. The van der Waals surface area contributed by atoms with Crippen molar-refractivity contribution in [2.45, 2.75) is 0 Å². The van der Waals surface area contributed by atoms with Gasteiger partial charge in [-0.05, 0) is 6.07 Å². The lowest BCUT2D eigenvalue weighted by Crippen LogP contribution is -2.09. The van der Waals surface area contributed by atoms with Crippen LogP contribution in [0.3, 0.4) is 0 Å². The van der Waals surface area contributed by atoms with Crippen LogP contribution >= 0.6 is 0 Å². The van der Waals surface area contributed by atoms with Crippen molar-refractivity contribution in [3.05, 3.63) is 35.7 Å². The molecule has 6 nitrogen and oxygen atoms in total. The van der Waals surface area contributed by atoms with Crippen LogP contribution in [0.1, 0.15) is 10.5 Å². The fourth-order valence-corrected chi connectivity index (χ4v) is 2.13. The maximum Gasteiger partial charge on any atom is 0.221 e. The van der Waals surface area contributed by atoms with Crippen LogP contribution < -0.4 is 9.47 Å². The Morgan fingerprint density at radius 3 is 2.55 bits per heavy atom. The summed E-state index contributed by atoms with van der Waals surface area (Å²) in [5, 5.41) is 9.90. The number of nitrogens with one attached hydrogen (secondary N) is 1. The number of H-pyrrole nitrogens is 1. The third kappa shape index (κ3) is 2.88. The lowest BCUT2D eigenvalue weighted by atomic mass is 10.1. The summed E-state index contributed by atoms with van der Waals surface area (Å²) in [4.78, 5) is 17.1. The Hall–Kier alpha value is -2.94. The number of aromatic nitrogens is 1. The SMILES string of the molecule is COc1cc(OC)c2cc(C(=O)/C(C#N)=C/N(C)C)[nH]c2c1. The highest BCUT2D eigenvalue weighted by Gasteiger charge is 2.17. The van der Waals surface area contributed by atoms with Crippen molar-refractivity contribution in [3.63, 3.8) is 0 Å². The quantitative estimate of drug-likeness (QED) is 0.521. The molecule has 0 aliphatic rings. The van der Waals surface area contributed by atoms with E-state index in [4.69, 9.17) is 14.7 Å². The first-order valence-corrected chi connectivity index (χ1v) is 6.58. The summed E-state index contributed by atoms with van der Waals surface area (Å²) in [6, 6.07) is 7.11. The van der Waals surface area contributed by atoms with Gasteiger partial charge in [-0.15, -0.1) is 0 Å². The second-order valence-electron chi connectivity index (χ2n) is 4.92. The maximum absolute atomic E-state index is 12.4. The Labute approximate surface area is 128 Å². The van der Waals surface area contributed by atoms with E-state index in [0.29, 0.717) is 22.7 Å². The molecule has 0 aliphatic heterocycles. The molecule has 0 radical (unpaired) electrons. The van der Waals surface area contributed by atoms with Crippen LogP contribution in [0.15, 0.2) is 30.0 Å². The molecular formula is C16H17N3O3. The van der Waals surface area contributed by atoms with Gasteiger partial charge in [0.25, 0.3) is 0 Å². The number of rotatable bonds is 5. The van der Waals surface area contributed by atoms with Gasteiger partial charge in [-0.3, -0.25) is 4.79 Å². The van der Waals surface area contributed by atoms with Crippen molar-refractivity contribution in [2.24, 2.45) is 0 Å². The molecule has 0 unspecified atom stereocenters. The fourth-order valence-electron chi connectivity index (χ4n) is 2.13. The molecule has 0 amide bonds. The third-order valence-corrected chi connectivity index (χ3v) is 3.13. The van der Waals surface area contributed by atoms with Gasteiger partial charge in [0.2, 0.25) is 5.78 Å². The second kappa shape index (κ2) is 6.22. The minimum Gasteiger partial charge on any atom is -0.497 e. The number of aromatic amines is 1. The Balaban J connectivity index is 2.54. The van der Waals surface area contributed by atoms with Gasteiger partial charge in [0.05, 0.1) is 25.4 Å². The number of hydrogen-bond acceptors (Lipinski definition) is 5. The normalized spacial score (nSPS) is 11.1. The highest BCUT2D eigenvalue weighted by Crippen LogP contribution is 2.32. The van der Waals surface area contributed by atoms with E-state index in [2.05, 4.69) is 4.98 Å². The first-order chi connectivity index (χ1) is 10.5. The number of benzene rings is 1. The van der Waals surface area contributed by atoms with Crippen molar-refractivity contribution < 1.29 is 14.3 Å². The molecule has 0 spiro atoms. The number of carbonyl (C=O) groups excluding carboxylic acids is 1. The van der Waals surface area contributed by atoms with Crippen molar-refractivity contribution in [1.82, 2.24) is 9.88 Å². The Morgan fingerprint density at radius 2 is 2.00 bits per heavy atom. The first kappa shape index (κ1) is 15.4. The van der Waals surface area contributed by atoms with Gasteiger partial charge in [-0.1, -0.05) is 0 Å². The summed E-state index contributed by atoms with van der Waals surface area (Å²) in [6.45, 7) is 0. The number of Topliss-reactive ketones (excluding diaryl/α,β-unsaturated/α-hetero) is 1. The van der Waals surface area contributed by atoms with Gasteiger partial charge in [0.1, 0.15) is 23.1 Å². The molecule has 0 bridgehead atoms. The largest absolute Gasteiger partial charge is 0.497 e. The summed E-state index contributed by atoms with van der Waals surface area (Å²) in [5.41, 5.74) is 1.10. The zero-order chi connectivity index (χ0) is 16.3. The summed E-state index contributed by atoms with van der Waals surface area (Å²) < 4.78 is 10.5. The van der Waals surface area contributed by atoms with Gasteiger partial charge >= 0.3 is 0 Å². The highest BCUT2D eigenvalue weighted by atomic mass is 16.5. The molecule has 0 saturated heterocycles. The number of ether oxygens (including phenoxy) is 2. The van der Waals surface area contributed by atoms with Gasteiger partial charge < -0.3 is 19.4 Å². The summed E-state index contributed by atoms with van der Waals surface area (Å²) >= 11 is 0. The van der Waals surface area contributed by atoms with E-state index in [0.717, 1.165) is 5.39 Å². The average Bonchev–Trinajstić information content (AvgIpc) is 2.94. The van der Waals surface area contributed by atoms with Crippen LogP contribution in [0.4, 0.5) is 0 Å². The molecule has 0 saturated carbocycles. The number of fused-ring (bicyclic) bond motifs is 1. The third-order valence-electron chi connectivity index (χ3n) is 3.13. The smallest absolute Gasteiger partial charge is 0.221 e. The van der Waals surface area contributed by atoms with E-state index in [9.17, 15) is 4.79 Å². The molecule has 1 aromatic carbocycles. The molecule has 2 rings (SSSR count). The van der Waals surface area contributed by atoms with E-state index >= 15 is 0 Å². The molecule has 0 atom stereocenters. The van der Waals surface area contributed by atoms with E-state index < -0.39 is 0 Å². The zero-order valence-corrected chi connectivity index (χ0v) is 12.9. The predicted molar refractivity (Wildman–Crippen MR) is 83.1 cm³/mol. The Kier molecular flexibility index (Phi) is 4.37. The maximum atomic E-state index is 12.4. The molecule has 0 aliphatic carbocycles. The second-order valence-corrected chi connectivity index (χ2v) is 4.92. The number of allylic oxidation sites excluding steroid dienone is 1. The lowest BCUT2D eigenvalue weighted by Gasteiger charge is -2.04. The minimum atomic E-state index is -0.367. The van der Waals surface area contributed by atoms with Crippen molar-refractivity contribution in [1.29, 1.82) is 5.26 Å². The van der Waals surface area contributed by atoms with Crippen LogP contribution in [0.2, 0.25) is 0 Å². The van der Waals surface area contributed by atoms with Crippen LogP contribution in [0, 0.1) is 11.3 Å². The molecule has 1 N–H and O–H groups in total. The summed E-state index contributed by atoms with van der Waals surface area (Å²) in [5.74, 6) is 0.850. The van der Waals surface area contributed by atoms with Crippen molar-refractivity contribution in [2.75, 3.05) is 28.3 Å². The van der Waals surface area contributed by atoms with Crippen LogP contribution in [-0.4, -0.2) is 44.0 Å². The molecule has 114 valence electrons. The van der Waals surface area contributed by atoms with Crippen molar-refractivity contribution in [3.8, 4) is 17.6 Å². The number of methoxy groups -OCH3 is 2. The highest BCUT2D eigenvalue weighted by molar-refractivity contribution is 6.12. The van der Waals surface area contributed by atoms with Gasteiger partial charge in [0.15, 0.2) is 0 Å². The number of ketones is 1. The Morgan fingerprint density at radius 1 is 1.27 bits per heavy atom. The molecular weight excluding hydrogens is 282 g/mol. The monoisotopic (exact) mass is 299 g/mol. The minimum absolute atomic E-state index is 0.0579. The van der Waals surface area contributed by atoms with Gasteiger partial charge in [-0.25, -0.2) is 0 Å². The number of carbonyl (C=O) groups is 1. The predicted octanol–water partition coefficient (Wildman–Crippen LogP) is 2.34. The molecule has 0 fully saturated rings. The van der Waals surface area contributed by atoms with E-state index in [-0.39, 0.29) is 11.4 Å². The van der Waals surface area contributed by atoms with Gasteiger partial charge in [-0.2, -0.15) is 5.26 Å². The van der Waals surface area contributed by atoms with Gasteiger partial charge in [0, 0.05) is 37.8 Å². The topological polar surface area (TPSA) is 78.3 Å². The standard InChI is InChI=1S/C16H17N3O3/c1-19(2)9-10(8-17)16(20)14-7-12-13(18-14)5-11(21-3)6-15(12)22-4/h5-7,9,18H,1-4H3/b10-9+. The molecule has 6 heteroatoms. The summed E-state index contributed by atoms with van der Waals surface area (Å²) in [6.07, 6.45) is 1.49. The molecule has 1 heterocycles. The van der Waals surface area contributed by atoms with E-state index in [1.807, 2.05) is 6.07 Å². The average molecular weight is 299 g/mol. The summed E-state index contributed by atoms with van der Waals surface area (Å²) in [7, 11) is 6.62. The molecule has 1 aromatic heterocycles. The number of hydrogen-bond donors (Lipinski definition) is 1. The van der Waals surface area contributed by atoms with E-state index in [1.54, 1.807) is 51.4 Å².